The Kier molecular flexibility index (Phi) is 5.88. The highest BCUT2D eigenvalue weighted by Gasteiger charge is 2.16. The topological polar surface area (TPSA) is 35.6 Å². The quantitative estimate of drug-likeness (QED) is 0.720. The van der Waals surface area contributed by atoms with Crippen LogP contribution in [0.5, 0.6) is 0 Å². The molecule has 3 aromatic rings. The minimum atomic E-state index is 0.0956. The van der Waals surface area contributed by atoms with Crippen molar-refractivity contribution in [3.63, 3.8) is 0 Å². The minimum Gasteiger partial charge on any atom is -0.369 e. The minimum absolute atomic E-state index is 0.0956. The fourth-order valence-electron chi connectivity index (χ4n) is 3.82. The zero-order valence-corrected chi connectivity index (χ0v) is 16.2. The molecule has 4 nitrogen and oxygen atoms in total. The van der Waals surface area contributed by atoms with Gasteiger partial charge in [-0.05, 0) is 28.5 Å². The van der Waals surface area contributed by atoms with Crippen LogP contribution in [0.1, 0.15) is 5.56 Å². The molecule has 1 amide bonds. The van der Waals surface area contributed by atoms with E-state index < -0.39 is 0 Å². The summed E-state index contributed by atoms with van der Waals surface area (Å²) in [5.74, 6) is 0.0956. The van der Waals surface area contributed by atoms with Gasteiger partial charge in [0.25, 0.3) is 0 Å². The third-order valence-corrected chi connectivity index (χ3v) is 5.42. The van der Waals surface area contributed by atoms with E-state index in [9.17, 15) is 4.79 Å². The molecule has 0 aliphatic carbocycles. The van der Waals surface area contributed by atoms with Gasteiger partial charge in [-0.25, -0.2) is 0 Å². The molecule has 28 heavy (non-hydrogen) atoms. The first-order valence-electron chi connectivity index (χ1n) is 10.0. The summed E-state index contributed by atoms with van der Waals surface area (Å²) in [6.45, 7) is 5.76. The molecule has 1 saturated heterocycles. The van der Waals surface area contributed by atoms with Crippen LogP contribution in [0, 0.1) is 0 Å². The number of hydrogen-bond acceptors (Lipinski definition) is 3. The van der Waals surface area contributed by atoms with Gasteiger partial charge in [-0.3, -0.25) is 9.69 Å². The van der Waals surface area contributed by atoms with Gasteiger partial charge in [0.05, 0.1) is 6.42 Å². The standard InChI is InChI=1S/C24H27N3O/c28-24(19-20-10-11-21-6-4-5-7-22(21)18-20)25-12-13-26-14-16-27(17-15-26)23-8-2-1-3-9-23/h1-11,18H,12-17,19H2,(H,25,28). The number of carbonyl (C=O) groups is 1. The van der Waals surface area contributed by atoms with Crippen molar-refractivity contribution in [3.8, 4) is 0 Å². The molecule has 144 valence electrons. The molecular formula is C24H27N3O. The van der Waals surface area contributed by atoms with Crippen molar-refractivity contribution >= 4 is 22.4 Å². The van der Waals surface area contributed by atoms with Crippen molar-refractivity contribution in [3.05, 3.63) is 78.4 Å². The van der Waals surface area contributed by atoms with Crippen LogP contribution >= 0.6 is 0 Å². The number of nitrogens with one attached hydrogen (secondary N) is 1. The molecule has 1 aliphatic heterocycles. The molecule has 0 atom stereocenters. The summed E-state index contributed by atoms with van der Waals surface area (Å²) in [4.78, 5) is 17.1. The predicted molar refractivity (Wildman–Crippen MR) is 116 cm³/mol. The maximum atomic E-state index is 12.3. The molecule has 1 heterocycles. The summed E-state index contributed by atoms with van der Waals surface area (Å²) in [7, 11) is 0. The molecule has 0 bridgehead atoms. The van der Waals surface area contributed by atoms with Gasteiger partial charge in [0.15, 0.2) is 0 Å². The van der Waals surface area contributed by atoms with Crippen molar-refractivity contribution in [2.45, 2.75) is 6.42 Å². The largest absolute Gasteiger partial charge is 0.369 e. The van der Waals surface area contributed by atoms with Crippen LogP contribution in [0.25, 0.3) is 10.8 Å². The molecule has 1 N–H and O–H groups in total. The molecule has 1 fully saturated rings. The van der Waals surface area contributed by atoms with Crippen LogP contribution in [0.2, 0.25) is 0 Å². The molecule has 0 radical (unpaired) electrons. The number of para-hydroxylation sites is 1. The molecule has 0 spiro atoms. The monoisotopic (exact) mass is 373 g/mol. The van der Waals surface area contributed by atoms with Crippen LogP contribution in [0.15, 0.2) is 72.8 Å². The van der Waals surface area contributed by atoms with Crippen LogP contribution in [0.3, 0.4) is 0 Å². The number of carbonyl (C=O) groups excluding carboxylic acids is 1. The highest BCUT2D eigenvalue weighted by molar-refractivity contribution is 5.85. The highest BCUT2D eigenvalue weighted by Crippen LogP contribution is 2.16. The van der Waals surface area contributed by atoms with E-state index in [1.54, 1.807) is 0 Å². The Bertz CT molecular complexity index is 917. The lowest BCUT2D eigenvalue weighted by Gasteiger charge is -2.36. The number of fused-ring (bicyclic) bond motifs is 1. The van der Waals surface area contributed by atoms with E-state index in [1.807, 2.05) is 18.2 Å². The van der Waals surface area contributed by atoms with E-state index in [2.05, 4.69) is 69.7 Å². The lowest BCUT2D eigenvalue weighted by molar-refractivity contribution is -0.120. The van der Waals surface area contributed by atoms with Crippen molar-refractivity contribution < 1.29 is 4.79 Å². The van der Waals surface area contributed by atoms with E-state index in [-0.39, 0.29) is 5.91 Å². The summed E-state index contributed by atoms with van der Waals surface area (Å²) >= 11 is 0. The second-order valence-electron chi connectivity index (χ2n) is 7.37. The molecule has 4 heteroatoms. The number of piperazine rings is 1. The van der Waals surface area contributed by atoms with Crippen molar-refractivity contribution in [2.75, 3.05) is 44.2 Å². The van der Waals surface area contributed by atoms with Crippen molar-refractivity contribution in [1.82, 2.24) is 10.2 Å². The first kappa shape index (κ1) is 18.5. The average molecular weight is 374 g/mol. The van der Waals surface area contributed by atoms with Crippen LogP contribution in [-0.2, 0) is 11.2 Å². The third-order valence-electron chi connectivity index (χ3n) is 5.42. The maximum absolute atomic E-state index is 12.3. The van der Waals surface area contributed by atoms with Gasteiger partial charge in [0, 0.05) is 45.0 Å². The smallest absolute Gasteiger partial charge is 0.224 e. The molecule has 4 rings (SSSR count). The van der Waals surface area contributed by atoms with Crippen LogP contribution in [-0.4, -0.2) is 50.1 Å². The van der Waals surface area contributed by atoms with E-state index >= 15 is 0 Å². The van der Waals surface area contributed by atoms with Crippen molar-refractivity contribution in [2.24, 2.45) is 0 Å². The molecule has 3 aromatic carbocycles. The average Bonchev–Trinajstić information content (AvgIpc) is 2.75. The van der Waals surface area contributed by atoms with E-state index in [4.69, 9.17) is 0 Å². The Labute approximate surface area is 166 Å². The summed E-state index contributed by atoms with van der Waals surface area (Å²) in [6, 6.07) is 25.1. The molecule has 1 aliphatic rings. The first-order chi connectivity index (χ1) is 13.8. The number of rotatable bonds is 6. The van der Waals surface area contributed by atoms with Gasteiger partial charge in [-0.2, -0.15) is 0 Å². The van der Waals surface area contributed by atoms with Gasteiger partial charge >= 0.3 is 0 Å². The Morgan fingerprint density at radius 3 is 2.32 bits per heavy atom. The first-order valence-corrected chi connectivity index (χ1v) is 10.0. The van der Waals surface area contributed by atoms with Gasteiger partial charge in [0.1, 0.15) is 0 Å². The zero-order chi connectivity index (χ0) is 19.2. The van der Waals surface area contributed by atoms with Gasteiger partial charge in [-0.1, -0.05) is 60.7 Å². The van der Waals surface area contributed by atoms with E-state index in [1.165, 1.54) is 16.5 Å². The fourth-order valence-corrected chi connectivity index (χ4v) is 3.82. The number of hydrogen-bond donors (Lipinski definition) is 1. The van der Waals surface area contributed by atoms with Gasteiger partial charge < -0.3 is 10.2 Å². The summed E-state index contributed by atoms with van der Waals surface area (Å²) in [5, 5.41) is 5.47. The molecule has 0 aromatic heterocycles. The Morgan fingerprint density at radius 1 is 0.821 bits per heavy atom. The van der Waals surface area contributed by atoms with Crippen LogP contribution < -0.4 is 10.2 Å². The Morgan fingerprint density at radius 2 is 1.54 bits per heavy atom. The third kappa shape index (κ3) is 4.70. The van der Waals surface area contributed by atoms with E-state index in [0.29, 0.717) is 13.0 Å². The second-order valence-corrected chi connectivity index (χ2v) is 7.37. The fraction of sp³-hybridized carbons (Fsp3) is 0.292. The number of anilines is 1. The van der Waals surface area contributed by atoms with E-state index in [0.717, 1.165) is 38.3 Å². The molecular weight excluding hydrogens is 346 g/mol. The highest BCUT2D eigenvalue weighted by atomic mass is 16.1. The van der Waals surface area contributed by atoms with Crippen molar-refractivity contribution in [1.29, 1.82) is 0 Å². The number of nitrogens with zero attached hydrogens (tertiary/aromatic N) is 2. The van der Waals surface area contributed by atoms with Crippen LogP contribution in [0.4, 0.5) is 5.69 Å². The second kappa shape index (κ2) is 8.89. The lowest BCUT2D eigenvalue weighted by Crippen LogP contribution is -2.48. The summed E-state index contributed by atoms with van der Waals surface area (Å²) in [6.07, 6.45) is 0.437. The lowest BCUT2D eigenvalue weighted by atomic mass is 10.0. The van der Waals surface area contributed by atoms with Gasteiger partial charge in [-0.15, -0.1) is 0 Å². The Balaban J connectivity index is 1.19. The zero-order valence-electron chi connectivity index (χ0n) is 16.2. The molecule has 0 saturated carbocycles. The maximum Gasteiger partial charge on any atom is 0.224 e. The van der Waals surface area contributed by atoms with Gasteiger partial charge in [0.2, 0.25) is 5.91 Å². The summed E-state index contributed by atoms with van der Waals surface area (Å²) in [5.41, 5.74) is 2.36. The SMILES string of the molecule is O=C(Cc1ccc2ccccc2c1)NCCN1CCN(c2ccccc2)CC1. The normalized spacial score (nSPS) is 14.9. The number of amides is 1. The predicted octanol–water partition coefficient (Wildman–Crippen LogP) is 3.32. The molecule has 0 unspecified atom stereocenters. The summed E-state index contributed by atoms with van der Waals surface area (Å²) < 4.78 is 0. The Hall–Kier alpha value is -2.85. The number of benzene rings is 3.